The molecule has 0 bridgehead atoms. The number of para-hydroxylation sites is 2. The highest BCUT2D eigenvalue weighted by atomic mass is 32.2. The van der Waals surface area contributed by atoms with Crippen LogP contribution in [0.5, 0.6) is 5.75 Å². The van der Waals surface area contributed by atoms with Gasteiger partial charge in [0, 0.05) is 4.90 Å². The molecule has 168 valence electrons. The highest BCUT2D eigenvalue weighted by Crippen LogP contribution is 2.39. The van der Waals surface area contributed by atoms with Gasteiger partial charge in [-0.3, -0.25) is 9.59 Å². The molecule has 6 heteroatoms. The van der Waals surface area contributed by atoms with E-state index in [-0.39, 0.29) is 17.5 Å². The van der Waals surface area contributed by atoms with Gasteiger partial charge in [-0.2, -0.15) is 0 Å². The number of nitrogens with zero attached hydrogens (tertiary/aromatic N) is 1. The van der Waals surface area contributed by atoms with Crippen LogP contribution in [-0.2, 0) is 16.0 Å². The number of hydrogen-bond acceptors (Lipinski definition) is 5. The van der Waals surface area contributed by atoms with Gasteiger partial charge in [0.1, 0.15) is 16.4 Å². The summed E-state index contributed by atoms with van der Waals surface area (Å²) in [5, 5.41) is 3.17. The van der Waals surface area contributed by atoms with Crippen LogP contribution in [0.4, 0.5) is 11.4 Å². The van der Waals surface area contributed by atoms with Crippen LogP contribution in [0.15, 0.2) is 94.4 Å². The molecule has 0 spiro atoms. The van der Waals surface area contributed by atoms with Crippen molar-refractivity contribution >= 4 is 35.0 Å². The first-order valence-electron chi connectivity index (χ1n) is 11.0. The molecular weight excluding hydrogens is 432 g/mol. The molecule has 3 aromatic carbocycles. The van der Waals surface area contributed by atoms with Gasteiger partial charge in [-0.15, -0.1) is 0 Å². The number of anilines is 2. The third kappa shape index (κ3) is 4.96. The van der Waals surface area contributed by atoms with Crippen LogP contribution in [0.2, 0.25) is 0 Å². The predicted molar refractivity (Wildman–Crippen MR) is 133 cm³/mol. The van der Waals surface area contributed by atoms with E-state index in [1.807, 2.05) is 72.8 Å². The zero-order chi connectivity index (χ0) is 23.2. The molecule has 4 rings (SSSR count). The van der Waals surface area contributed by atoms with Gasteiger partial charge >= 0.3 is 0 Å². The van der Waals surface area contributed by atoms with E-state index in [1.54, 1.807) is 13.2 Å². The first-order valence-corrected chi connectivity index (χ1v) is 11.8. The lowest BCUT2D eigenvalue weighted by atomic mass is 10.1. The molecule has 1 N–H and O–H groups in total. The summed E-state index contributed by atoms with van der Waals surface area (Å²) in [7, 11) is 1.57. The topological polar surface area (TPSA) is 58.6 Å². The van der Waals surface area contributed by atoms with Crippen molar-refractivity contribution in [1.29, 1.82) is 0 Å². The van der Waals surface area contributed by atoms with Crippen LogP contribution in [0.1, 0.15) is 25.3 Å². The minimum atomic E-state index is -0.384. The molecule has 0 radical (unpaired) electrons. The Morgan fingerprint density at radius 3 is 2.27 bits per heavy atom. The van der Waals surface area contributed by atoms with E-state index >= 15 is 0 Å². The van der Waals surface area contributed by atoms with Crippen LogP contribution in [0.25, 0.3) is 0 Å². The van der Waals surface area contributed by atoms with Gasteiger partial charge < -0.3 is 10.1 Å². The Morgan fingerprint density at radius 1 is 0.879 bits per heavy atom. The van der Waals surface area contributed by atoms with Gasteiger partial charge in [-0.1, -0.05) is 67.6 Å². The molecule has 1 aliphatic rings. The van der Waals surface area contributed by atoms with Gasteiger partial charge in [-0.25, -0.2) is 4.90 Å². The summed E-state index contributed by atoms with van der Waals surface area (Å²) in [4.78, 5) is 29.5. The molecule has 1 heterocycles. The molecule has 5 nitrogen and oxygen atoms in total. The van der Waals surface area contributed by atoms with Crippen molar-refractivity contribution in [2.75, 3.05) is 17.3 Å². The van der Waals surface area contributed by atoms with E-state index in [0.717, 1.165) is 24.2 Å². The minimum Gasteiger partial charge on any atom is -0.495 e. The van der Waals surface area contributed by atoms with Crippen molar-refractivity contribution in [2.45, 2.75) is 31.1 Å². The fraction of sp³-hybridized carbons (Fsp3) is 0.185. The Balaban J connectivity index is 1.69. The third-order valence-corrected chi connectivity index (χ3v) is 6.48. The average molecular weight is 459 g/mol. The Kier molecular flexibility index (Phi) is 7.15. The zero-order valence-electron chi connectivity index (χ0n) is 18.7. The standard InChI is InChI=1S/C27H26N2O3S/c1-3-4-10-19-15-17-20(18-16-19)29-26(30)24(28-22-13-8-9-14-23(22)32-2)25(27(29)31)33-21-11-6-5-7-12-21/h5-9,11-18,28H,3-4,10H2,1-2H3. The number of carbonyl (C=O) groups is 2. The summed E-state index contributed by atoms with van der Waals surface area (Å²) >= 11 is 1.28. The molecular formula is C27H26N2O3S. The lowest BCUT2D eigenvalue weighted by Crippen LogP contribution is -2.32. The van der Waals surface area contributed by atoms with Crippen molar-refractivity contribution in [2.24, 2.45) is 0 Å². The van der Waals surface area contributed by atoms with Gasteiger partial charge in [0.15, 0.2) is 0 Å². The maximum Gasteiger partial charge on any atom is 0.283 e. The van der Waals surface area contributed by atoms with E-state index in [2.05, 4.69) is 12.2 Å². The Bertz CT molecular complexity index is 1170. The normalized spacial score (nSPS) is 13.6. The molecule has 1 aliphatic heterocycles. The molecule has 0 aromatic heterocycles. The second-order valence-electron chi connectivity index (χ2n) is 7.66. The Hall–Kier alpha value is -3.51. The number of nitrogens with one attached hydrogen (secondary N) is 1. The SMILES string of the molecule is CCCCc1ccc(N2C(=O)C(Nc3ccccc3OC)=C(Sc3ccccc3)C2=O)cc1. The maximum atomic E-state index is 13.5. The number of aryl methyl sites for hydroxylation is 1. The van der Waals surface area contributed by atoms with Crippen molar-refractivity contribution in [3.8, 4) is 5.75 Å². The molecule has 0 saturated carbocycles. The Morgan fingerprint density at radius 2 is 1.58 bits per heavy atom. The lowest BCUT2D eigenvalue weighted by molar-refractivity contribution is -0.120. The summed E-state index contributed by atoms with van der Waals surface area (Å²) < 4.78 is 5.43. The fourth-order valence-corrected chi connectivity index (χ4v) is 4.58. The van der Waals surface area contributed by atoms with E-state index in [0.29, 0.717) is 22.0 Å². The summed E-state index contributed by atoms with van der Waals surface area (Å²) in [6, 6.07) is 24.6. The molecule has 2 amide bonds. The maximum absolute atomic E-state index is 13.5. The molecule has 3 aromatic rings. The summed E-state index contributed by atoms with van der Waals surface area (Å²) in [5.41, 5.74) is 2.62. The third-order valence-electron chi connectivity index (χ3n) is 5.38. The number of unbranched alkanes of at least 4 members (excludes halogenated alkanes) is 1. The molecule has 0 fully saturated rings. The summed E-state index contributed by atoms with van der Waals surface area (Å²) in [6.45, 7) is 2.16. The highest BCUT2D eigenvalue weighted by Gasteiger charge is 2.40. The quantitative estimate of drug-likeness (QED) is 0.397. The number of benzene rings is 3. The number of amides is 2. The summed E-state index contributed by atoms with van der Waals surface area (Å²) in [5.74, 6) is -0.133. The predicted octanol–water partition coefficient (Wildman–Crippen LogP) is 6.03. The minimum absolute atomic E-state index is 0.244. The number of hydrogen-bond donors (Lipinski definition) is 1. The monoisotopic (exact) mass is 458 g/mol. The smallest absolute Gasteiger partial charge is 0.283 e. The fourth-order valence-electron chi connectivity index (χ4n) is 3.63. The largest absolute Gasteiger partial charge is 0.495 e. The lowest BCUT2D eigenvalue weighted by Gasteiger charge is -2.16. The average Bonchev–Trinajstić information content (AvgIpc) is 3.08. The molecule has 0 saturated heterocycles. The zero-order valence-corrected chi connectivity index (χ0v) is 19.5. The molecule has 0 aliphatic carbocycles. The van der Waals surface area contributed by atoms with Crippen LogP contribution in [0.3, 0.4) is 0 Å². The van der Waals surface area contributed by atoms with Gasteiger partial charge in [0.05, 0.1) is 18.5 Å². The van der Waals surface area contributed by atoms with Crippen molar-refractivity contribution in [3.05, 3.63) is 95.0 Å². The summed E-state index contributed by atoms with van der Waals surface area (Å²) in [6.07, 6.45) is 3.20. The van der Waals surface area contributed by atoms with Crippen molar-refractivity contribution in [3.63, 3.8) is 0 Å². The number of rotatable bonds is 9. The number of ether oxygens (including phenoxy) is 1. The van der Waals surface area contributed by atoms with E-state index in [1.165, 1.54) is 22.2 Å². The second-order valence-corrected chi connectivity index (χ2v) is 8.74. The van der Waals surface area contributed by atoms with Crippen LogP contribution in [0, 0.1) is 0 Å². The van der Waals surface area contributed by atoms with Crippen LogP contribution >= 0.6 is 11.8 Å². The van der Waals surface area contributed by atoms with Gasteiger partial charge in [0.25, 0.3) is 11.8 Å². The van der Waals surface area contributed by atoms with Crippen LogP contribution < -0.4 is 15.0 Å². The number of imide groups is 1. The van der Waals surface area contributed by atoms with Crippen molar-refractivity contribution < 1.29 is 14.3 Å². The Labute approximate surface area is 198 Å². The van der Waals surface area contributed by atoms with E-state index in [9.17, 15) is 9.59 Å². The molecule has 33 heavy (non-hydrogen) atoms. The van der Waals surface area contributed by atoms with Gasteiger partial charge in [0.2, 0.25) is 0 Å². The first kappa shape index (κ1) is 22.7. The van der Waals surface area contributed by atoms with Crippen molar-refractivity contribution in [1.82, 2.24) is 0 Å². The number of carbonyl (C=O) groups excluding carboxylic acids is 2. The number of methoxy groups -OCH3 is 1. The molecule has 0 unspecified atom stereocenters. The van der Waals surface area contributed by atoms with E-state index in [4.69, 9.17) is 4.74 Å². The van der Waals surface area contributed by atoms with E-state index < -0.39 is 0 Å². The highest BCUT2D eigenvalue weighted by molar-refractivity contribution is 8.04. The molecule has 0 atom stereocenters. The van der Waals surface area contributed by atoms with Gasteiger partial charge in [-0.05, 0) is 54.8 Å². The van der Waals surface area contributed by atoms with Crippen LogP contribution in [-0.4, -0.2) is 18.9 Å². The number of thioether (sulfide) groups is 1. The second kappa shape index (κ2) is 10.4. The first-order chi connectivity index (χ1) is 16.1.